The van der Waals surface area contributed by atoms with Crippen LogP contribution in [0.3, 0.4) is 0 Å². The Morgan fingerprint density at radius 2 is 2.05 bits per heavy atom. The van der Waals surface area contributed by atoms with Gasteiger partial charge in [0, 0.05) is 25.1 Å². The van der Waals surface area contributed by atoms with E-state index in [0.29, 0.717) is 0 Å². The van der Waals surface area contributed by atoms with Crippen LogP contribution >= 0.6 is 0 Å². The molecule has 0 spiro atoms. The molecule has 2 heterocycles. The van der Waals surface area contributed by atoms with Crippen molar-refractivity contribution < 1.29 is 13.2 Å². The van der Waals surface area contributed by atoms with E-state index in [1.54, 1.807) is 23.7 Å². The largest absolute Gasteiger partial charge is 0.344 e. The third-order valence-electron chi connectivity index (χ3n) is 2.78. The first-order valence-electron chi connectivity index (χ1n) is 5.51. The molecule has 1 N–H and O–H groups in total. The van der Waals surface area contributed by atoms with Crippen LogP contribution in [0, 0.1) is 6.92 Å². The Bertz CT molecular complexity index is 705. The second kappa shape index (κ2) is 4.85. The van der Waals surface area contributed by atoms with Gasteiger partial charge in [0.2, 0.25) is 0 Å². The number of carbonyl (C=O) groups is 1. The number of aryl methyl sites for hydroxylation is 1. The molecule has 1 amide bonds. The first-order chi connectivity index (χ1) is 8.92. The van der Waals surface area contributed by atoms with Crippen molar-refractivity contribution >= 4 is 15.9 Å². The van der Waals surface area contributed by atoms with Crippen LogP contribution < -0.4 is 4.72 Å². The van der Waals surface area contributed by atoms with Crippen molar-refractivity contribution in [1.82, 2.24) is 14.3 Å². The third-order valence-corrected chi connectivity index (χ3v) is 4.09. The number of rotatable bonds is 3. The quantitative estimate of drug-likeness (QED) is 0.903. The molecule has 0 bridgehead atoms. The molecule has 0 saturated heterocycles. The van der Waals surface area contributed by atoms with Crippen molar-refractivity contribution in [2.45, 2.75) is 11.8 Å². The molecule has 0 fully saturated rings. The predicted octanol–water partition coefficient (Wildman–Crippen LogP) is 0.847. The lowest BCUT2D eigenvalue weighted by Gasteiger charge is -2.07. The summed E-state index contributed by atoms with van der Waals surface area (Å²) in [5.41, 5.74) is 1.15. The van der Waals surface area contributed by atoms with Crippen LogP contribution in [0.2, 0.25) is 0 Å². The fourth-order valence-electron chi connectivity index (χ4n) is 1.58. The molecule has 0 aliphatic carbocycles. The van der Waals surface area contributed by atoms with E-state index in [4.69, 9.17) is 0 Å². The molecule has 0 radical (unpaired) electrons. The fourth-order valence-corrected chi connectivity index (χ4v) is 2.50. The van der Waals surface area contributed by atoms with Crippen molar-refractivity contribution in [1.29, 1.82) is 0 Å². The topological polar surface area (TPSA) is 81.1 Å². The van der Waals surface area contributed by atoms with Crippen LogP contribution in [0.15, 0.2) is 41.6 Å². The van der Waals surface area contributed by atoms with E-state index in [1.165, 1.54) is 24.5 Å². The van der Waals surface area contributed by atoms with E-state index in [-0.39, 0.29) is 10.6 Å². The Morgan fingerprint density at radius 1 is 1.32 bits per heavy atom. The number of nitrogens with zero attached hydrogens (tertiary/aromatic N) is 2. The summed E-state index contributed by atoms with van der Waals surface area (Å²) in [5, 5.41) is 0. The van der Waals surface area contributed by atoms with Gasteiger partial charge in [0.05, 0.1) is 0 Å². The van der Waals surface area contributed by atoms with Gasteiger partial charge >= 0.3 is 0 Å². The van der Waals surface area contributed by atoms with Gasteiger partial charge < -0.3 is 4.57 Å². The molecule has 2 aromatic heterocycles. The fraction of sp³-hybridized carbons (Fsp3) is 0.167. The van der Waals surface area contributed by atoms with E-state index in [9.17, 15) is 13.2 Å². The highest BCUT2D eigenvalue weighted by molar-refractivity contribution is 7.90. The molecule has 2 rings (SSSR count). The Balaban J connectivity index is 2.27. The summed E-state index contributed by atoms with van der Waals surface area (Å²) < 4.78 is 27.5. The number of pyridine rings is 1. The molecule has 0 aliphatic heterocycles. The van der Waals surface area contributed by atoms with Crippen LogP contribution in [0.25, 0.3) is 0 Å². The summed E-state index contributed by atoms with van der Waals surface area (Å²) in [6, 6.07) is 6.18. The highest BCUT2D eigenvalue weighted by Crippen LogP contribution is 2.09. The van der Waals surface area contributed by atoms with Gasteiger partial charge in [-0.05, 0) is 31.2 Å². The summed E-state index contributed by atoms with van der Waals surface area (Å²) in [6.07, 6.45) is 2.65. The Morgan fingerprint density at radius 3 is 2.58 bits per heavy atom. The number of hydrogen-bond donors (Lipinski definition) is 1. The molecular formula is C12H13N3O3S. The molecule has 100 valence electrons. The SMILES string of the molecule is Cc1ccc(C(=O)NS(=O)(=O)c2cccnc2)n1C. The van der Waals surface area contributed by atoms with Gasteiger partial charge in [0.1, 0.15) is 10.6 Å². The van der Waals surface area contributed by atoms with E-state index in [2.05, 4.69) is 4.98 Å². The zero-order chi connectivity index (χ0) is 14.0. The number of carbonyl (C=O) groups excluding carboxylic acids is 1. The number of aromatic nitrogens is 2. The molecular weight excluding hydrogens is 266 g/mol. The number of amides is 1. The first-order valence-corrected chi connectivity index (χ1v) is 6.99. The van der Waals surface area contributed by atoms with Gasteiger partial charge in [-0.15, -0.1) is 0 Å². The summed E-state index contributed by atoms with van der Waals surface area (Å²) in [4.78, 5) is 15.6. The van der Waals surface area contributed by atoms with Crippen LogP contribution in [0.1, 0.15) is 16.2 Å². The Hall–Kier alpha value is -2.15. The molecule has 19 heavy (non-hydrogen) atoms. The highest BCUT2D eigenvalue weighted by atomic mass is 32.2. The zero-order valence-electron chi connectivity index (χ0n) is 10.5. The minimum atomic E-state index is -3.89. The standard InChI is InChI=1S/C12H13N3O3S/c1-9-5-6-11(15(9)2)12(16)14-19(17,18)10-4-3-7-13-8-10/h3-8H,1-2H3,(H,14,16). The predicted molar refractivity (Wildman–Crippen MR) is 69.0 cm³/mol. The average molecular weight is 279 g/mol. The molecule has 0 aliphatic rings. The van der Waals surface area contributed by atoms with Crippen molar-refractivity contribution in [3.63, 3.8) is 0 Å². The minimum absolute atomic E-state index is 0.0470. The van der Waals surface area contributed by atoms with E-state index in [0.717, 1.165) is 5.69 Å². The van der Waals surface area contributed by atoms with E-state index >= 15 is 0 Å². The number of nitrogens with one attached hydrogen (secondary N) is 1. The minimum Gasteiger partial charge on any atom is -0.344 e. The van der Waals surface area contributed by atoms with Crippen LogP contribution in [0.4, 0.5) is 0 Å². The lowest BCUT2D eigenvalue weighted by molar-refractivity contribution is 0.0973. The molecule has 0 saturated carbocycles. The van der Waals surface area contributed by atoms with Gasteiger partial charge in [-0.2, -0.15) is 0 Å². The second-order valence-corrected chi connectivity index (χ2v) is 5.72. The summed E-state index contributed by atoms with van der Waals surface area (Å²) in [5.74, 6) is -0.667. The van der Waals surface area contributed by atoms with Gasteiger partial charge in [-0.25, -0.2) is 13.1 Å². The van der Waals surface area contributed by atoms with Gasteiger partial charge in [-0.3, -0.25) is 9.78 Å². The number of hydrogen-bond acceptors (Lipinski definition) is 4. The smallest absolute Gasteiger partial charge is 0.281 e. The van der Waals surface area contributed by atoms with Crippen LogP contribution in [-0.2, 0) is 17.1 Å². The lowest BCUT2D eigenvalue weighted by Crippen LogP contribution is -2.32. The normalized spacial score (nSPS) is 11.3. The summed E-state index contributed by atoms with van der Waals surface area (Å²) >= 11 is 0. The van der Waals surface area contributed by atoms with E-state index in [1.807, 2.05) is 11.6 Å². The maximum atomic E-state index is 12.0. The zero-order valence-corrected chi connectivity index (χ0v) is 11.3. The third kappa shape index (κ3) is 2.65. The van der Waals surface area contributed by atoms with Crippen molar-refractivity contribution in [2.24, 2.45) is 7.05 Å². The maximum absolute atomic E-state index is 12.0. The Labute approximate surface area is 111 Å². The highest BCUT2D eigenvalue weighted by Gasteiger charge is 2.20. The molecule has 7 heteroatoms. The molecule has 0 atom stereocenters. The summed E-state index contributed by atoms with van der Waals surface area (Å²) in [6.45, 7) is 1.83. The maximum Gasteiger partial charge on any atom is 0.281 e. The lowest BCUT2D eigenvalue weighted by atomic mass is 10.4. The van der Waals surface area contributed by atoms with Gasteiger partial charge in [0.15, 0.2) is 0 Å². The van der Waals surface area contributed by atoms with Gasteiger partial charge in [0.25, 0.3) is 15.9 Å². The average Bonchev–Trinajstić information content (AvgIpc) is 2.71. The molecule has 6 nitrogen and oxygen atoms in total. The van der Waals surface area contributed by atoms with Crippen molar-refractivity contribution in [3.8, 4) is 0 Å². The summed E-state index contributed by atoms with van der Waals surface area (Å²) in [7, 11) is -2.20. The molecule has 0 unspecified atom stereocenters. The van der Waals surface area contributed by atoms with Crippen LogP contribution in [0.5, 0.6) is 0 Å². The van der Waals surface area contributed by atoms with Gasteiger partial charge in [-0.1, -0.05) is 0 Å². The number of sulfonamides is 1. The van der Waals surface area contributed by atoms with E-state index < -0.39 is 15.9 Å². The van der Waals surface area contributed by atoms with Crippen molar-refractivity contribution in [3.05, 3.63) is 48.0 Å². The Kier molecular flexibility index (Phi) is 3.39. The van der Waals surface area contributed by atoms with Crippen molar-refractivity contribution in [2.75, 3.05) is 0 Å². The van der Waals surface area contributed by atoms with Crippen LogP contribution in [-0.4, -0.2) is 23.9 Å². The monoisotopic (exact) mass is 279 g/mol. The molecule has 2 aromatic rings. The first kappa shape index (κ1) is 13.3. The molecule has 0 aromatic carbocycles. The second-order valence-electron chi connectivity index (χ2n) is 4.04.